The lowest BCUT2D eigenvalue weighted by Crippen LogP contribution is -2.53. The van der Waals surface area contributed by atoms with Gasteiger partial charge in [0.2, 0.25) is 11.4 Å². The van der Waals surface area contributed by atoms with Crippen molar-refractivity contribution in [3.63, 3.8) is 0 Å². The van der Waals surface area contributed by atoms with E-state index in [-0.39, 0.29) is 83.9 Å². The monoisotopic (exact) mass is 876 g/mol. The largest absolute Gasteiger partial charge is 0.381 e. The number of aromatic amines is 1. The first-order valence-electron chi connectivity index (χ1n) is 16.3. The number of H-pyrrole nitrogens is 1. The van der Waals surface area contributed by atoms with Crippen molar-refractivity contribution >= 4 is 83.1 Å². The fourth-order valence-corrected chi connectivity index (χ4v) is 5.84. The minimum Gasteiger partial charge on any atom is -0.381 e. The Labute approximate surface area is 345 Å². The Morgan fingerprint density at radius 2 is 1.29 bits per heavy atom. The third-order valence-corrected chi connectivity index (χ3v) is 8.49. The topological polar surface area (TPSA) is 219 Å². The number of carbonyl (C=O) groups excluding carboxylic acids is 4. The maximum absolute atomic E-state index is 13.5. The van der Waals surface area contributed by atoms with Gasteiger partial charge in [-0.3, -0.25) is 29.2 Å². The van der Waals surface area contributed by atoms with Gasteiger partial charge < -0.3 is 22.0 Å². The summed E-state index contributed by atoms with van der Waals surface area (Å²) in [5.74, 6) is -0.591. The highest BCUT2D eigenvalue weighted by Gasteiger charge is 2.35. The highest BCUT2D eigenvalue weighted by Crippen LogP contribution is 2.29. The number of nitrogens with zero attached hydrogens (tertiary/aromatic N) is 4. The first kappa shape index (κ1) is 51.9. The third-order valence-electron chi connectivity index (χ3n) is 8.49. The van der Waals surface area contributed by atoms with Crippen LogP contribution in [0, 0.1) is 29.3 Å². The van der Waals surface area contributed by atoms with Crippen LogP contribution in [0.15, 0.2) is 47.9 Å². The Bertz CT molecular complexity index is 1950. The number of fused-ring (bicyclic) bond motifs is 1. The van der Waals surface area contributed by atoms with Crippen molar-refractivity contribution in [2.75, 3.05) is 24.5 Å². The molecule has 3 amide bonds. The summed E-state index contributed by atoms with van der Waals surface area (Å²) in [6.45, 7) is 2.00. The summed E-state index contributed by atoms with van der Waals surface area (Å²) in [4.78, 5) is 59.2. The summed E-state index contributed by atoms with van der Waals surface area (Å²) in [7, 11) is 0. The second-order valence-corrected chi connectivity index (χ2v) is 12.2. The van der Waals surface area contributed by atoms with Crippen LogP contribution in [0.5, 0.6) is 0 Å². The van der Waals surface area contributed by atoms with Crippen LogP contribution in [-0.4, -0.2) is 68.0 Å². The van der Waals surface area contributed by atoms with Crippen LogP contribution in [0.3, 0.4) is 0 Å². The van der Waals surface area contributed by atoms with Crippen LogP contribution in [-0.2, 0) is 9.53 Å². The Kier molecular flexibility index (Phi) is 22.1. The standard InChI is InChI=1S/C12H11F2N3O2.C11H13F2N3O2.C5H6FN3O.C4H8O.4H2S/c13-8-2-1-7(5-8)12(19)17-6-15-11(18)10-9(14)3-4-16(10)17;12-7-2-1-6(5-7)11(18)15-16-4-3-8(13)9(16)10(14)17;6-3-1-2-9(8)4(3)5(7)10;1-2-4-5-3-1;;;;/h3-4,6-8H,1-2,5H2;3-4,6-7H,1-2,5H2,(H2,14,17)(H,15,18);1-2H,8H2,(H2,7,10);1-4H2;4*1H2/p+1/t7-,8+;6-,7+;;;;;;/m00....../s1. The van der Waals surface area contributed by atoms with Crippen LogP contribution in [0.2, 0.25) is 0 Å². The minimum absolute atomic E-state index is 0. The Hall–Kier alpha value is -4.13. The number of rotatable bonds is 5. The second-order valence-electron chi connectivity index (χ2n) is 12.2. The number of nitrogens with two attached hydrogens (primary N) is 3. The minimum atomic E-state index is -0.979. The molecule has 56 heavy (non-hydrogen) atoms. The molecule has 314 valence electrons. The fraction of sp³-hybridized carbons (Fsp3) is 0.438. The van der Waals surface area contributed by atoms with Crippen molar-refractivity contribution in [2.24, 2.45) is 23.3 Å². The maximum Gasteiger partial charge on any atom is 0.362 e. The molecule has 0 radical (unpaired) electrons. The number of nitrogens with one attached hydrogen (secondary N) is 2. The molecule has 1 aliphatic heterocycles. The van der Waals surface area contributed by atoms with Crippen LogP contribution in [0.25, 0.3) is 5.52 Å². The number of amides is 3. The molecule has 8 N–H and O–H groups in total. The number of ether oxygens (including phenoxy) is 1. The van der Waals surface area contributed by atoms with E-state index in [2.05, 4.69) is 10.4 Å². The number of aromatic nitrogens is 5. The number of hydrogen-bond donors (Lipinski definition) is 5. The zero-order valence-corrected chi connectivity index (χ0v) is 33.8. The summed E-state index contributed by atoms with van der Waals surface area (Å²) in [5.41, 5.74) is 10.6. The van der Waals surface area contributed by atoms with Gasteiger partial charge in [-0.2, -0.15) is 58.5 Å². The van der Waals surface area contributed by atoms with Crippen molar-refractivity contribution in [3.05, 3.63) is 82.3 Å². The van der Waals surface area contributed by atoms with E-state index in [9.17, 15) is 45.9 Å². The summed E-state index contributed by atoms with van der Waals surface area (Å²) in [6.07, 6.45) is 7.47. The molecule has 3 aliphatic rings. The molecule has 0 spiro atoms. The quantitative estimate of drug-likeness (QED) is 0.115. The number of halogens is 5. The Balaban J connectivity index is 0.000000761. The van der Waals surface area contributed by atoms with Crippen LogP contribution < -0.4 is 33.0 Å². The first-order chi connectivity index (χ1) is 24.7. The maximum atomic E-state index is 13.5. The van der Waals surface area contributed by atoms with Gasteiger partial charge in [0.05, 0.1) is 12.1 Å². The normalized spacial score (nSPS) is 19.1. The van der Waals surface area contributed by atoms with Gasteiger partial charge in [0.1, 0.15) is 12.3 Å². The second kappa shape index (κ2) is 23.8. The first-order valence-corrected chi connectivity index (χ1v) is 16.3. The number of alkyl halides is 2. The predicted molar refractivity (Wildman–Crippen MR) is 215 cm³/mol. The molecule has 0 unspecified atom stereocenters. The van der Waals surface area contributed by atoms with Crippen LogP contribution in [0.4, 0.5) is 22.0 Å². The highest BCUT2D eigenvalue weighted by molar-refractivity contribution is 7.59. The summed E-state index contributed by atoms with van der Waals surface area (Å²) in [5, 5.41) is 0. The Morgan fingerprint density at radius 3 is 1.73 bits per heavy atom. The van der Waals surface area contributed by atoms with Crippen molar-refractivity contribution in [2.45, 2.75) is 63.7 Å². The van der Waals surface area contributed by atoms with Crippen LogP contribution in [0.1, 0.15) is 77.1 Å². The van der Waals surface area contributed by atoms with Gasteiger partial charge in [0.25, 0.3) is 18.1 Å². The van der Waals surface area contributed by atoms with Crippen molar-refractivity contribution < 1.29 is 50.5 Å². The van der Waals surface area contributed by atoms with Gasteiger partial charge in [0.15, 0.2) is 28.8 Å². The smallest absolute Gasteiger partial charge is 0.362 e. The zero-order valence-electron chi connectivity index (χ0n) is 29.8. The lowest BCUT2D eigenvalue weighted by atomic mass is 10.1. The molecule has 0 aromatic carbocycles. The average molecular weight is 877 g/mol. The SMILES string of the molecule is C1CCOC1.NC(=O)c1c(F)ccn1N.NC(=O)c1c(F)ccn1NC(=O)[C@H]1CC[C@@H](F)C1.O=C([C@H]1CC[C@@H](F)C1)[n+]1c[nH]c(=O)c2c(F)ccn21.S.S.S.S. The molecule has 5 heterocycles. The van der Waals surface area contributed by atoms with Crippen molar-refractivity contribution in [3.8, 4) is 0 Å². The highest BCUT2D eigenvalue weighted by atomic mass is 32.1. The molecule has 4 atom stereocenters. The molecule has 4 aromatic heterocycles. The molecule has 4 aromatic rings. The van der Waals surface area contributed by atoms with Gasteiger partial charge >= 0.3 is 11.5 Å². The third kappa shape index (κ3) is 13.2. The van der Waals surface area contributed by atoms with E-state index in [1.54, 1.807) is 0 Å². The summed E-state index contributed by atoms with van der Waals surface area (Å²) < 4.78 is 74.3. The average Bonchev–Trinajstić information content (AvgIpc) is 3.94. The molecule has 15 nitrogen and oxygen atoms in total. The predicted octanol–water partition coefficient (Wildman–Crippen LogP) is 2.45. The molecule has 2 aliphatic carbocycles. The number of carbonyl (C=O) groups is 4. The van der Waals surface area contributed by atoms with E-state index >= 15 is 0 Å². The van der Waals surface area contributed by atoms with E-state index < -0.39 is 70.6 Å². The summed E-state index contributed by atoms with van der Waals surface area (Å²) in [6, 6.07) is 3.20. The van der Waals surface area contributed by atoms with Gasteiger partial charge in [-0.1, -0.05) is 4.68 Å². The molecular formula is C32H47F5N9O6S4+. The molecule has 24 heteroatoms. The molecule has 0 bridgehead atoms. The van der Waals surface area contributed by atoms with E-state index in [4.69, 9.17) is 22.0 Å². The fourth-order valence-electron chi connectivity index (χ4n) is 5.84. The molecule has 3 fully saturated rings. The molecular weight excluding hydrogens is 830 g/mol. The molecule has 2 saturated carbocycles. The van der Waals surface area contributed by atoms with Gasteiger partial charge in [-0.05, 0) is 69.6 Å². The summed E-state index contributed by atoms with van der Waals surface area (Å²) >= 11 is 0. The van der Waals surface area contributed by atoms with Crippen molar-refractivity contribution in [1.82, 2.24) is 18.9 Å². The van der Waals surface area contributed by atoms with Gasteiger partial charge in [0, 0.05) is 31.5 Å². The zero-order chi connectivity index (χ0) is 38.1. The number of primary amides is 2. The number of hydrogen-bond acceptors (Lipinski definition) is 7. The van der Waals surface area contributed by atoms with E-state index in [1.807, 2.05) is 0 Å². The van der Waals surface area contributed by atoms with E-state index in [0.29, 0.717) is 25.7 Å². The van der Waals surface area contributed by atoms with Crippen LogP contribution >= 0.6 is 54.0 Å². The Morgan fingerprint density at radius 1 is 0.768 bits per heavy atom. The lowest BCUT2D eigenvalue weighted by Gasteiger charge is -2.12. The number of nitrogen functional groups attached to an aromatic ring is 1. The van der Waals surface area contributed by atoms with Gasteiger partial charge in [-0.15, -0.1) is 0 Å². The van der Waals surface area contributed by atoms with Crippen molar-refractivity contribution in [1.29, 1.82) is 0 Å². The van der Waals surface area contributed by atoms with E-state index in [0.717, 1.165) is 50.0 Å². The van der Waals surface area contributed by atoms with Gasteiger partial charge in [-0.25, -0.2) is 36.5 Å². The molecule has 1 saturated heterocycles. The van der Waals surface area contributed by atoms with E-state index in [1.165, 1.54) is 37.8 Å². The molecule has 7 rings (SSSR count). The lowest BCUT2D eigenvalue weighted by molar-refractivity contribution is -0.654.